The van der Waals surface area contributed by atoms with E-state index in [1.165, 1.54) is 24.1 Å². The summed E-state index contributed by atoms with van der Waals surface area (Å²) in [6.45, 7) is 12.3. The molecule has 3 fully saturated rings. The summed E-state index contributed by atoms with van der Waals surface area (Å²) in [7, 11) is 0. The van der Waals surface area contributed by atoms with Crippen LogP contribution in [0, 0.1) is 28.6 Å². The van der Waals surface area contributed by atoms with E-state index in [9.17, 15) is 9.59 Å². The van der Waals surface area contributed by atoms with Crippen molar-refractivity contribution < 1.29 is 19.1 Å². The van der Waals surface area contributed by atoms with E-state index in [1.807, 2.05) is 0 Å². The van der Waals surface area contributed by atoms with Crippen molar-refractivity contribution in [3.63, 3.8) is 0 Å². The molecule has 0 amide bonds. The first-order valence-corrected chi connectivity index (χ1v) is 9.12. The van der Waals surface area contributed by atoms with Gasteiger partial charge in [0.2, 0.25) is 0 Å². The minimum atomic E-state index is -0.371. The third kappa shape index (κ3) is 3.31. The zero-order valence-corrected chi connectivity index (χ0v) is 15.3. The molecule has 0 heterocycles. The standard InChI is InChI=1S/C21H28O4/c1-5-18(22)24-10-8-16-14-7-9-20(3,13-25-19(23)6-2)11-15(14)17-12-21(16,17)4/h5-6,8,14-15,17H,1-2,7,9-13H2,3-4H3/b16-8-. The highest BCUT2D eigenvalue weighted by Crippen LogP contribution is 2.74. The lowest BCUT2D eigenvalue weighted by Gasteiger charge is -2.41. The Morgan fingerprint density at radius 1 is 1.16 bits per heavy atom. The lowest BCUT2D eigenvalue weighted by atomic mass is 9.65. The SMILES string of the molecule is C=CC(=O)OC/C=C1/C2CCC(C)(COC(=O)C=C)CC2C2CC12C. The molecule has 5 atom stereocenters. The molecule has 0 N–H and O–H groups in total. The number of fused-ring (bicyclic) bond motifs is 3. The molecule has 4 heteroatoms. The maximum Gasteiger partial charge on any atom is 0.330 e. The molecule has 0 aromatic carbocycles. The number of esters is 2. The van der Waals surface area contributed by atoms with Gasteiger partial charge < -0.3 is 9.47 Å². The topological polar surface area (TPSA) is 52.6 Å². The Kier molecular flexibility index (Phi) is 4.65. The number of hydrogen-bond donors (Lipinski definition) is 0. The van der Waals surface area contributed by atoms with Gasteiger partial charge >= 0.3 is 11.9 Å². The van der Waals surface area contributed by atoms with E-state index >= 15 is 0 Å². The second kappa shape index (κ2) is 6.47. The van der Waals surface area contributed by atoms with E-state index < -0.39 is 0 Å². The van der Waals surface area contributed by atoms with E-state index in [2.05, 4.69) is 33.1 Å². The van der Waals surface area contributed by atoms with Crippen molar-refractivity contribution in [3.8, 4) is 0 Å². The van der Waals surface area contributed by atoms with Crippen molar-refractivity contribution in [2.45, 2.75) is 39.5 Å². The highest BCUT2D eigenvalue weighted by molar-refractivity contribution is 5.81. The zero-order chi connectivity index (χ0) is 18.2. The van der Waals surface area contributed by atoms with Gasteiger partial charge in [-0.2, -0.15) is 0 Å². The summed E-state index contributed by atoms with van der Waals surface area (Å²) < 4.78 is 10.5. The molecule has 0 bridgehead atoms. The van der Waals surface area contributed by atoms with Gasteiger partial charge in [0.05, 0.1) is 6.61 Å². The fourth-order valence-electron chi connectivity index (χ4n) is 5.21. The van der Waals surface area contributed by atoms with Crippen LogP contribution >= 0.6 is 0 Å². The van der Waals surface area contributed by atoms with Crippen molar-refractivity contribution in [3.05, 3.63) is 37.0 Å². The summed E-state index contributed by atoms with van der Waals surface area (Å²) in [4.78, 5) is 22.7. The number of allylic oxidation sites excluding steroid dienone is 1. The predicted octanol–water partition coefficient (Wildman–Crippen LogP) is 3.83. The van der Waals surface area contributed by atoms with Crippen LogP contribution in [0.15, 0.2) is 37.0 Å². The molecule has 136 valence electrons. The second-order valence-electron chi connectivity index (χ2n) is 8.36. The van der Waals surface area contributed by atoms with Gasteiger partial charge in [0.1, 0.15) is 6.61 Å². The highest BCUT2D eigenvalue weighted by atomic mass is 16.5. The Labute approximate surface area is 150 Å². The van der Waals surface area contributed by atoms with Gasteiger partial charge in [0.25, 0.3) is 0 Å². The van der Waals surface area contributed by atoms with E-state index in [1.54, 1.807) is 0 Å². The summed E-state index contributed by atoms with van der Waals surface area (Å²) in [6, 6.07) is 0. The first kappa shape index (κ1) is 18.0. The van der Waals surface area contributed by atoms with Gasteiger partial charge in [0, 0.05) is 17.6 Å². The van der Waals surface area contributed by atoms with Crippen LogP contribution in [0.1, 0.15) is 39.5 Å². The Balaban J connectivity index is 1.66. The summed E-state index contributed by atoms with van der Waals surface area (Å²) in [5.74, 6) is 1.23. The Hall–Kier alpha value is -1.84. The quantitative estimate of drug-likeness (QED) is 0.417. The summed E-state index contributed by atoms with van der Waals surface area (Å²) >= 11 is 0. The van der Waals surface area contributed by atoms with Gasteiger partial charge in [-0.05, 0) is 54.9 Å². The zero-order valence-electron chi connectivity index (χ0n) is 15.3. The molecule has 3 rings (SSSR count). The predicted molar refractivity (Wildman–Crippen MR) is 95.5 cm³/mol. The van der Waals surface area contributed by atoms with E-state index in [4.69, 9.17) is 9.47 Å². The number of carbonyl (C=O) groups excluding carboxylic acids is 2. The number of ether oxygens (including phenoxy) is 2. The second-order valence-corrected chi connectivity index (χ2v) is 8.36. The van der Waals surface area contributed by atoms with E-state index in [-0.39, 0.29) is 22.8 Å². The van der Waals surface area contributed by atoms with Crippen molar-refractivity contribution in [1.82, 2.24) is 0 Å². The molecular formula is C21H28O4. The van der Waals surface area contributed by atoms with Crippen LogP contribution in [0.5, 0.6) is 0 Å². The number of rotatable bonds is 6. The Bertz CT molecular complexity index is 634. The van der Waals surface area contributed by atoms with Gasteiger partial charge in [-0.15, -0.1) is 0 Å². The summed E-state index contributed by atoms with van der Waals surface area (Å²) in [6.07, 6.45) is 9.03. The Morgan fingerprint density at radius 2 is 1.84 bits per heavy atom. The van der Waals surface area contributed by atoms with Crippen molar-refractivity contribution in [2.75, 3.05) is 13.2 Å². The third-order valence-corrected chi connectivity index (χ3v) is 6.61. The van der Waals surface area contributed by atoms with Crippen LogP contribution in [0.3, 0.4) is 0 Å². The summed E-state index contributed by atoms with van der Waals surface area (Å²) in [5, 5.41) is 0. The van der Waals surface area contributed by atoms with Gasteiger partial charge in [-0.25, -0.2) is 9.59 Å². The van der Waals surface area contributed by atoms with Crippen molar-refractivity contribution in [2.24, 2.45) is 28.6 Å². The molecule has 0 saturated heterocycles. The van der Waals surface area contributed by atoms with Crippen LogP contribution in [0.25, 0.3) is 0 Å². The maximum absolute atomic E-state index is 11.4. The van der Waals surface area contributed by atoms with E-state index in [0.29, 0.717) is 31.0 Å². The monoisotopic (exact) mass is 344 g/mol. The number of hydrogen-bond acceptors (Lipinski definition) is 4. The Morgan fingerprint density at radius 3 is 2.52 bits per heavy atom. The van der Waals surface area contributed by atoms with Crippen LogP contribution < -0.4 is 0 Å². The summed E-state index contributed by atoms with van der Waals surface area (Å²) in [5.41, 5.74) is 1.80. The maximum atomic E-state index is 11.4. The van der Waals surface area contributed by atoms with E-state index in [0.717, 1.165) is 19.3 Å². The van der Waals surface area contributed by atoms with Gasteiger partial charge in [-0.3, -0.25) is 0 Å². The molecule has 25 heavy (non-hydrogen) atoms. The molecule has 4 nitrogen and oxygen atoms in total. The molecular weight excluding hydrogens is 316 g/mol. The molecule has 3 aliphatic rings. The van der Waals surface area contributed by atoms with Crippen LogP contribution in [-0.2, 0) is 19.1 Å². The molecule has 0 aromatic heterocycles. The van der Waals surface area contributed by atoms with Crippen LogP contribution in [0.2, 0.25) is 0 Å². The molecule has 3 aliphatic carbocycles. The molecule has 5 unspecified atom stereocenters. The fourth-order valence-corrected chi connectivity index (χ4v) is 5.21. The molecule has 0 aliphatic heterocycles. The lowest BCUT2D eigenvalue weighted by molar-refractivity contribution is -0.142. The van der Waals surface area contributed by atoms with Crippen LogP contribution in [-0.4, -0.2) is 25.2 Å². The molecule has 0 spiro atoms. The lowest BCUT2D eigenvalue weighted by Crippen LogP contribution is -2.35. The third-order valence-electron chi connectivity index (χ3n) is 6.61. The average Bonchev–Trinajstić information content (AvgIpc) is 3.23. The van der Waals surface area contributed by atoms with Gasteiger partial charge in [0.15, 0.2) is 0 Å². The molecule has 0 radical (unpaired) electrons. The average molecular weight is 344 g/mol. The first-order chi connectivity index (χ1) is 11.8. The van der Waals surface area contributed by atoms with Gasteiger partial charge in [-0.1, -0.05) is 32.6 Å². The minimum Gasteiger partial charge on any atom is -0.462 e. The largest absolute Gasteiger partial charge is 0.462 e. The van der Waals surface area contributed by atoms with Crippen molar-refractivity contribution >= 4 is 11.9 Å². The minimum absolute atomic E-state index is 0.0497. The number of carbonyl (C=O) groups is 2. The normalized spacial score (nSPS) is 39.9. The highest BCUT2D eigenvalue weighted by Gasteiger charge is 2.66. The first-order valence-electron chi connectivity index (χ1n) is 9.12. The van der Waals surface area contributed by atoms with Crippen molar-refractivity contribution in [1.29, 1.82) is 0 Å². The molecule has 0 aromatic rings. The van der Waals surface area contributed by atoms with Crippen LogP contribution in [0.4, 0.5) is 0 Å². The smallest absolute Gasteiger partial charge is 0.330 e. The molecule has 3 saturated carbocycles. The fraction of sp³-hybridized carbons (Fsp3) is 0.619.